The van der Waals surface area contributed by atoms with Gasteiger partial charge in [-0.3, -0.25) is 9.69 Å². The number of aliphatic hydroxyl groups is 1. The quantitative estimate of drug-likeness (QED) is 0.830. The topological polar surface area (TPSA) is 85.6 Å². The second-order valence-electron chi connectivity index (χ2n) is 7.24. The summed E-state index contributed by atoms with van der Waals surface area (Å²) in [6.07, 6.45) is 0. The minimum Gasteiger partial charge on any atom is -0.394 e. The number of morpholine rings is 1. The van der Waals surface area contributed by atoms with Gasteiger partial charge in [-0.15, -0.1) is 0 Å². The van der Waals surface area contributed by atoms with Crippen LogP contribution in [0.1, 0.15) is 22.8 Å². The van der Waals surface area contributed by atoms with Crippen molar-refractivity contribution in [1.29, 1.82) is 5.26 Å². The standard InChI is InChI=1S/C22H25N3O3/c1-16-12-28-15-22(14-26,25(16)2)13-24-21(27)20-10-6-5-9-19(20)18-8-4-3-7-17(18)11-23/h3-10,16,26H,12-15H2,1-2H3,(H,24,27)/t16-,22+/m1/s1. The molecule has 0 bridgehead atoms. The number of carbonyl (C=O) groups is 1. The third-order valence-corrected chi connectivity index (χ3v) is 5.52. The van der Waals surface area contributed by atoms with Gasteiger partial charge in [0.25, 0.3) is 5.91 Å². The zero-order valence-corrected chi connectivity index (χ0v) is 16.2. The highest BCUT2D eigenvalue weighted by Crippen LogP contribution is 2.27. The van der Waals surface area contributed by atoms with Gasteiger partial charge < -0.3 is 15.2 Å². The van der Waals surface area contributed by atoms with E-state index in [1.165, 1.54) is 0 Å². The van der Waals surface area contributed by atoms with Gasteiger partial charge in [0.05, 0.1) is 37.0 Å². The van der Waals surface area contributed by atoms with Crippen molar-refractivity contribution in [1.82, 2.24) is 10.2 Å². The summed E-state index contributed by atoms with van der Waals surface area (Å²) in [5.74, 6) is -0.247. The van der Waals surface area contributed by atoms with Crippen LogP contribution in [0, 0.1) is 11.3 Å². The van der Waals surface area contributed by atoms with Crippen molar-refractivity contribution < 1.29 is 14.6 Å². The predicted molar refractivity (Wildman–Crippen MR) is 107 cm³/mol. The molecule has 0 saturated carbocycles. The van der Waals surface area contributed by atoms with Crippen LogP contribution < -0.4 is 5.32 Å². The van der Waals surface area contributed by atoms with Gasteiger partial charge in [-0.05, 0) is 31.7 Å². The van der Waals surface area contributed by atoms with E-state index in [9.17, 15) is 15.2 Å². The minimum atomic E-state index is -0.660. The van der Waals surface area contributed by atoms with E-state index in [1.54, 1.807) is 24.3 Å². The first-order valence-corrected chi connectivity index (χ1v) is 9.30. The lowest BCUT2D eigenvalue weighted by atomic mass is 9.94. The van der Waals surface area contributed by atoms with Gasteiger partial charge in [0.1, 0.15) is 0 Å². The van der Waals surface area contributed by atoms with Crippen LogP contribution in [0.3, 0.4) is 0 Å². The molecular formula is C22H25N3O3. The molecule has 1 amide bonds. The molecule has 1 heterocycles. The monoisotopic (exact) mass is 379 g/mol. The summed E-state index contributed by atoms with van der Waals surface area (Å²) >= 11 is 0. The number of ether oxygens (including phenoxy) is 1. The highest BCUT2D eigenvalue weighted by atomic mass is 16.5. The van der Waals surface area contributed by atoms with Gasteiger partial charge in [-0.2, -0.15) is 5.26 Å². The molecule has 1 aliphatic rings. The number of nitrogens with zero attached hydrogens (tertiary/aromatic N) is 2. The fourth-order valence-corrected chi connectivity index (χ4v) is 3.56. The second kappa shape index (κ2) is 8.53. The number of rotatable bonds is 5. The molecule has 0 aliphatic carbocycles. The Balaban J connectivity index is 1.85. The number of likely N-dealkylation sites (N-methyl/N-ethyl adjacent to an activating group) is 1. The van der Waals surface area contributed by atoms with Crippen LogP contribution in [0.4, 0.5) is 0 Å². The summed E-state index contributed by atoms with van der Waals surface area (Å²) < 4.78 is 5.63. The van der Waals surface area contributed by atoms with Gasteiger partial charge in [0, 0.05) is 23.7 Å². The average molecular weight is 379 g/mol. The Morgan fingerprint density at radius 2 is 1.96 bits per heavy atom. The highest BCUT2D eigenvalue weighted by Gasteiger charge is 2.40. The molecule has 2 aromatic rings. The molecule has 28 heavy (non-hydrogen) atoms. The molecule has 6 nitrogen and oxygen atoms in total. The molecular weight excluding hydrogens is 354 g/mol. The maximum Gasteiger partial charge on any atom is 0.251 e. The number of carbonyl (C=O) groups excluding carboxylic acids is 1. The number of benzene rings is 2. The van der Waals surface area contributed by atoms with E-state index in [2.05, 4.69) is 16.3 Å². The van der Waals surface area contributed by atoms with Crippen LogP contribution >= 0.6 is 0 Å². The van der Waals surface area contributed by atoms with Crippen molar-refractivity contribution in [2.24, 2.45) is 0 Å². The van der Waals surface area contributed by atoms with E-state index in [0.29, 0.717) is 29.9 Å². The van der Waals surface area contributed by atoms with E-state index < -0.39 is 5.54 Å². The number of amides is 1. The van der Waals surface area contributed by atoms with Crippen LogP contribution in [0.5, 0.6) is 0 Å². The molecule has 2 N–H and O–H groups in total. The summed E-state index contributed by atoms with van der Waals surface area (Å²) in [4.78, 5) is 15.1. The van der Waals surface area contributed by atoms with Gasteiger partial charge >= 0.3 is 0 Å². The lowest BCUT2D eigenvalue weighted by Crippen LogP contribution is -2.65. The Bertz CT molecular complexity index is 893. The minimum absolute atomic E-state index is 0.118. The maximum absolute atomic E-state index is 13.0. The van der Waals surface area contributed by atoms with E-state index in [0.717, 1.165) is 5.56 Å². The molecule has 2 aromatic carbocycles. The van der Waals surface area contributed by atoms with E-state index >= 15 is 0 Å². The molecule has 3 rings (SSSR count). The fraction of sp³-hybridized carbons (Fsp3) is 0.364. The van der Waals surface area contributed by atoms with Crippen LogP contribution in [0.2, 0.25) is 0 Å². The largest absolute Gasteiger partial charge is 0.394 e. The molecule has 0 radical (unpaired) electrons. The normalized spacial score (nSPS) is 22.4. The van der Waals surface area contributed by atoms with Crippen LogP contribution in [0.25, 0.3) is 11.1 Å². The molecule has 1 fully saturated rings. The first kappa shape index (κ1) is 20.0. The summed E-state index contributed by atoms with van der Waals surface area (Å²) in [5.41, 5.74) is 1.78. The smallest absolute Gasteiger partial charge is 0.251 e. The van der Waals surface area contributed by atoms with Gasteiger partial charge in [-0.25, -0.2) is 0 Å². The molecule has 0 unspecified atom stereocenters. The summed E-state index contributed by atoms with van der Waals surface area (Å²) in [5, 5.41) is 22.4. The summed E-state index contributed by atoms with van der Waals surface area (Å²) in [6, 6.07) is 16.8. The number of nitrogens with one attached hydrogen (secondary N) is 1. The zero-order chi connectivity index (χ0) is 20.1. The Hall–Kier alpha value is -2.72. The third kappa shape index (κ3) is 3.78. The average Bonchev–Trinajstić information content (AvgIpc) is 2.74. The summed E-state index contributed by atoms with van der Waals surface area (Å²) in [6.45, 7) is 3.12. The highest BCUT2D eigenvalue weighted by molar-refractivity contribution is 6.01. The Labute approximate surface area is 165 Å². The Kier molecular flexibility index (Phi) is 6.10. The molecule has 6 heteroatoms. The van der Waals surface area contributed by atoms with Crippen molar-refractivity contribution in [2.45, 2.75) is 18.5 Å². The molecule has 146 valence electrons. The molecule has 2 atom stereocenters. The van der Waals surface area contributed by atoms with Crippen molar-refractivity contribution in [3.8, 4) is 17.2 Å². The van der Waals surface area contributed by atoms with E-state index in [1.807, 2.05) is 38.2 Å². The SMILES string of the molecule is C[C@@H]1COC[C@@](CO)(CNC(=O)c2ccccc2-c2ccccc2C#N)N1C. The maximum atomic E-state index is 13.0. The van der Waals surface area contributed by atoms with E-state index in [4.69, 9.17) is 4.74 Å². The van der Waals surface area contributed by atoms with Gasteiger partial charge in [0.15, 0.2) is 0 Å². The zero-order valence-electron chi connectivity index (χ0n) is 16.2. The second-order valence-corrected chi connectivity index (χ2v) is 7.24. The number of hydrogen-bond donors (Lipinski definition) is 2. The predicted octanol–water partition coefficient (Wildman–Crippen LogP) is 2.04. The fourth-order valence-electron chi connectivity index (χ4n) is 3.56. The number of nitriles is 1. The van der Waals surface area contributed by atoms with Crippen molar-refractivity contribution in [2.75, 3.05) is 33.4 Å². The van der Waals surface area contributed by atoms with Crippen LogP contribution in [-0.2, 0) is 4.74 Å². The third-order valence-electron chi connectivity index (χ3n) is 5.52. The molecule has 1 saturated heterocycles. The van der Waals surface area contributed by atoms with Crippen molar-refractivity contribution in [3.05, 3.63) is 59.7 Å². The molecule has 0 aromatic heterocycles. The number of aliphatic hydroxyl groups excluding tert-OH is 1. The lowest BCUT2D eigenvalue weighted by molar-refractivity contribution is -0.105. The van der Waals surface area contributed by atoms with Gasteiger partial charge in [0.2, 0.25) is 0 Å². The Morgan fingerprint density at radius 3 is 2.68 bits per heavy atom. The molecule has 1 aliphatic heterocycles. The number of hydrogen-bond acceptors (Lipinski definition) is 5. The first-order valence-electron chi connectivity index (χ1n) is 9.30. The van der Waals surface area contributed by atoms with E-state index in [-0.39, 0.29) is 25.1 Å². The van der Waals surface area contributed by atoms with Crippen molar-refractivity contribution in [3.63, 3.8) is 0 Å². The first-order chi connectivity index (χ1) is 13.5. The lowest BCUT2D eigenvalue weighted by Gasteiger charge is -2.47. The molecule has 0 spiro atoms. The van der Waals surface area contributed by atoms with Crippen LogP contribution in [-0.4, -0.2) is 60.9 Å². The Morgan fingerprint density at radius 1 is 1.29 bits per heavy atom. The van der Waals surface area contributed by atoms with Crippen LogP contribution in [0.15, 0.2) is 48.5 Å². The van der Waals surface area contributed by atoms with Crippen molar-refractivity contribution >= 4 is 5.91 Å². The van der Waals surface area contributed by atoms with Gasteiger partial charge in [-0.1, -0.05) is 36.4 Å². The summed E-state index contributed by atoms with van der Waals surface area (Å²) in [7, 11) is 1.94.